The van der Waals surface area contributed by atoms with E-state index in [1.54, 1.807) is 36.4 Å². The average Bonchev–Trinajstić information content (AvgIpc) is 2.73. The van der Waals surface area contributed by atoms with Crippen LogP contribution in [0, 0.1) is 0 Å². The van der Waals surface area contributed by atoms with E-state index >= 15 is 0 Å². The van der Waals surface area contributed by atoms with E-state index < -0.39 is 27.6 Å². The minimum Gasteiger partial charge on any atom is -0.507 e. The van der Waals surface area contributed by atoms with E-state index in [4.69, 9.17) is 5.73 Å². The molecule has 9 heteroatoms. The zero-order chi connectivity index (χ0) is 21.9. The van der Waals surface area contributed by atoms with Crippen LogP contribution in [0.1, 0.15) is 20.7 Å². The molecule has 0 saturated carbocycles. The van der Waals surface area contributed by atoms with Crippen molar-refractivity contribution in [3.63, 3.8) is 0 Å². The van der Waals surface area contributed by atoms with Gasteiger partial charge in [0.2, 0.25) is 5.91 Å². The van der Waals surface area contributed by atoms with Crippen LogP contribution >= 0.6 is 0 Å². The number of phenols is 1. The summed E-state index contributed by atoms with van der Waals surface area (Å²) in [5, 5.41) is 9.95. The molecule has 154 valence electrons. The second-order valence-corrected chi connectivity index (χ2v) is 7.98. The highest BCUT2D eigenvalue weighted by atomic mass is 32.2. The number of sulfonamides is 1. The van der Waals surface area contributed by atoms with Crippen LogP contribution in [-0.2, 0) is 14.8 Å². The third-order valence-corrected chi connectivity index (χ3v) is 5.68. The number of carbonyl (C=O) groups is 2. The number of hydrogen-bond acceptors (Lipinski definition) is 6. The van der Waals surface area contributed by atoms with Gasteiger partial charge in [0.15, 0.2) is 0 Å². The number of esters is 1. The standard InChI is InChI=1S/C21H18N2O6S/c1-29-21(26)18-10-9-16(12-19(18)24)23-30(27,28)17-4-2-3-15(11-17)13-5-7-14(8-6-13)20(22)25/h2-12,23-24H,1H3,(H2,22,25). The first kappa shape index (κ1) is 20.9. The van der Waals surface area contributed by atoms with Gasteiger partial charge < -0.3 is 15.6 Å². The summed E-state index contributed by atoms with van der Waals surface area (Å²) in [5.74, 6) is -1.70. The Morgan fingerprint density at radius 3 is 2.27 bits per heavy atom. The number of benzene rings is 3. The molecule has 0 aliphatic rings. The Bertz CT molecular complexity index is 1220. The zero-order valence-corrected chi connectivity index (χ0v) is 16.6. The Kier molecular flexibility index (Phi) is 5.74. The number of rotatable bonds is 6. The van der Waals surface area contributed by atoms with E-state index in [0.717, 1.165) is 6.07 Å². The lowest BCUT2D eigenvalue weighted by molar-refractivity contribution is 0.0597. The fourth-order valence-corrected chi connectivity index (χ4v) is 3.86. The molecule has 0 aromatic heterocycles. The fourth-order valence-electron chi connectivity index (χ4n) is 2.76. The van der Waals surface area contributed by atoms with Crippen LogP contribution in [-0.4, -0.2) is 32.5 Å². The van der Waals surface area contributed by atoms with Crippen molar-refractivity contribution in [1.82, 2.24) is 0 Å². The van der Waals surface area contributed by atoms with Crippen molar-refractivity contribution in [2.45, 2.75) is 4.90 Å². The van der Waals surface area contributed by atoms with Gasteiger partial charge in [-0.05, 0) is 47.5 Å². The van der Waals surface area contributed by atoms with Gasteiger partial charge in [-0.3, -0.25) is 9.52 Å². The molecule has 0 bridgehead atoms. The van der Waals surface area contributed by atoms with E-state index in [1.165, 1.54) is 31.4 Å². The first-order valence-electron chi connectivity index (χ1n) is 8.66. The topological polar surface area (TPSA) is 136 Å². The molecule has 0 spiro atoms. The average molecular weight is 426 g/mol. The van der Waals surface area contributed by atoms with Crippen LogP contribution in [0.5, 0.6) is 5.75 Å². The Labute approximate surface area is 173 Å². The summed E-state index contributed by atoms with van der Waals surface area (Å²) < 4.78 is 32.4. The maximum Gasteiger partial charge on any atom is 0.341 e. The van der Waals surface area contributed by atoms with E-state index in [0.29, 0.717) is 16.7 Å². The van der Waals surface area contributed by atoms with Gasteiger partial charge in [-0.1, -0.05) is 24.3 Å². The number of anilines is 1. The number of methoxy groups -OCH3 is 1. The van der Waals surface area contributed by atoms with Crippen molar-refractivity contribution in [3.8, 4) is 16.9 Å². The highest BCUT2D eigenvalue weighted by Gasteiger charge is 2.18. The number of nitrogens with two attached hydrogens (primary N) is 1. The minimum atomic E-state index is -3.97. The molecule has 8 nitrogen and oxygen atoms in total. The van der Waals surface area contributed by atoms with Crippen molar-refractivity contribution in [1.29, 1.82) is 0 Å². The first-order valence-corrected chi connectivity index (χ1v) is 10.1. The van der Waals surface area contributed by atoms with Crippen molar-refractivity contribution in [2.24, 2.45) is 5.73 Å². The summed E-state index contributed by atoms with van der Waals surface area (Å²) in [6, 6.07) is 16.4. The lowest BCUT2D eigenvalue weighted by atomic mass is 10.0. The normalized spacial score (nSPS) is 11.0. The number of primary amides is 1. The number of ether oxygens (including phenoxy) is 1. The first-order chi connectivity index (χ1) is 14.2. The highest BCUT2D eigenvalue weighted by molar-refractivity contribution is 7.92. The Balaban J connectivity index is 1.88. The molecule has 0 atom stereocenters. The molecule has 3 rings (SSSR count). The lowest BCUT2D eigenvalue weighted by Crippen LogP contribution is -2.13. The molecule has 0 unspecified atom stereocenters. The van der Waals surface area contributed by atoms with E-state index in [9.17, 15) is 23.1 Å². The van der Waals surface area contributed by atoms with Crippen LogP contribution in [0.4, 0.5) is 5.69 Å². The van der Waals surface area contributed by atoms with Crippen molar-refractivity contribution in [2.75, 3.05) is 11.8 Å². The van der Waals surface area contributed by atoms with E-state index in [2.05, 4.69) is 9.46 Å². The van der Waals surface area contributed by atoms with E-state index in [1.807, 2.05) is 0 Å². The van der Waals surface area contributed by atoms with Crippen molar-refractivity contribution < 1.29 is 27.9 Å². The van der Waals surface area contributed by atoms with E-state index in [-0.39, 0.29) is 16.1 Å². The molecule has 3 aromatic carbocycles. The van der Waals surface area contributed by atoms with Gasteiger partial charge >= 0.3 is 5.97 Å². The van der Waals surface area contributed by atoms with Crippen LogP contribution in [0.25, 0.3) is 11.1 Å². The molecule has 0 aliphatic heterocycles. The number of phenolic OH excluding ortho intramolecular Hbond substituents is 1. The molecule has 3 aromatic rings. The monoisotopic (exact) mass is 426 g/mol. The van der Waals surface area contributed by atoms with Gasteiger partial charge in [0.05, 0.1) is 17.7 Å². The second kappa shape index (κ2) is 8.26. The molecule has 0 aliphatic carbocycles. The maximum atomic E-state index is 12.8. The van der Waals surface area contributed by atoms with Crippen LogP contribution < -0.4 is 10.5 Å². The highest BCUT2D eigenvalue weighted by Crippen LogP contribution is 2.27. The largest absolute Gasteiger partial charge is 0.507 e. The van der Waals surface area contributed by atoms with Gasteiger partial charge in [0.1, 0.15) is 11.3 Å². The van der Waals surface area contributed by atoms with Gasteiger partial charge in [-0.15, -0.1) is 0 Å². The molecular formula is C21H18N2O6S. The van der Waals surface area contributed by atoms with Gasteiger partial charge in [-0.25, -0.2) is 13.2 Å². The Hall–Kier alpha value is -3.85. The summed E-state index contributed by atoms with van der Waals surface area (Å²) in [5.41, 5.74) is 6.91. The molecule has 0 fully saturated rings. The van der Waals surface area contributed by atoms with Gasteiger partial charge in [0, 0.05) is 11.6 Å². The van der Waals surface area contributed by atoms with Gasteiger partial charge in [-0.2, -0.15) is 0 Å². The number of hydrogen-bond donors (Lipinski definition) is 3. The van der Waals surface area contributed by atoms with Gasteiger partial charge in [0.25, 0.3) is 10.0 Å². The molecule has 0 heterocycles. The number of nitrogens with one attached hydrogen (secondary N) is 1. The third kappa shape index (κ3) is 4.41. The third-order valence-electron chi connectivity index (χ3n) is 4.30. The summed E-state index contributed by atoms with van der Waals surface area (Å²) in [6.07, 6.45) is 0. The summed E-state index contributed by atoms with van der Waals surface area (Å²) in [7, 11) is -2.80. The Morgan fingerprint density at radius 1 is 0.967 bits per heavy atom. The second-order valence-electron chi connectivity index (χ2n) is 6.30. The molecule has 0 radical (unpaired) electrons. The molecule has 4 N–H and O–H groups in total. The van der Waals surface area contributed by atoms with Crippen molar-refractivity contribution >= 4 is 27.6 Å². The number of carbonyl (C=O) groups excluding carboxylic acids is 2. The van der Waals surface area contributed by atoms with Crippen LogP contribution in [0.2, 0.25) is 0 Å². The maximum absolute atomic E-state index is 12.8. The minimum absolute atomic E-state index is 0.00416. The molecule has 1 amide bonds. The Morgan fingerprint density at radius 2 is 1.67 bits per heavy atom. The predicted molar refractivity (Wildman–Crippen MR) is 111 cm³/mol. The van der Waals surface area contributed by atoms with Crippen LogP contribution in [0.15, 0.2) is 71.6 Å². The molecule has 0 saturated heterocycles. The number of amides is 1. The SMILES string of the molecule is COC(=O)c1ccc(NS(=O)(=O)c2cccc(-c3ccc(C(N)=O)cc3)c2)cc1O. The summed E-state index contributed by atoms with van der Waals surface area (Å²) in [6.45, 7) is 0. The summed E-state index contributed by atoms with van der Waals surface area (Å²) >= 11 is 0. The molecular weight excluding hydrogens is 408 g/mol. The molecule has 30 heavy (non-hydrogen) atoms. The lowest BCUT2D eigenvalue weighted by Gasteiger charge is -2.11. The summed E-state index contributed by atoms with van der Waals surface area (Å²) in [4.78, 5) is 22.7. The fraction of sp³-hybridized carbons (Fsp3) is 0.0476. The zero-order valence-electron chi connectivity index (χ0n) is 15.8. The quantitative estimate of drug-likeness (QED) is 0.519. The van der Waals surface area contributed by atoms with Crippen molar-refractivity contribution in [3.05, 3.63) is 77.9 Å². The predicted octanol–water partition coefficient (Wildman–Crippen LogP) is 2.75. The van der Waals surface area contributed by atoms with Crippen LogP contribution in [0.3, 0.4) is 0 Å². The smallest absolute Gasteiger partial charge is 0.341 e. The number of aromatic hydroxyl groups is 1.